The van der Waals surface area contributed by atoms with Crippen molar-refractivity contribution in [3.63, 3.8) is 0 Å². The number of hydrogen-bond donors (Lipinski definition) is 2. The first-order valence-corrected chi connectivity index (χ1v) is 7.75. The van der Waals surface area contributed by atoms with Crippen molar-refractivity contribution < 1.29 is 17.9 Å². The van der Waals surface area contributed by atoms with Crippen molar-refractivity contribution in [2.75, 3.05) is 13.1 Å². The highest BCUT2D eigenvalue weighted by molar-refractivity contribution is 5.79. The predicted molar refractivity (Wildman–Crippen MR) is 88.3 cm³/mol. The number of benzene rings is 1. The van der Waals surface area contributed by atoms with Crippen LogP contribution in [0.15, 0.2) is 52.1 Å². The predicted octanol–water partition coefficient (Wildman–Crippen LogP) is 3.18. The molecule has 0 radical (unpaired) electrons. The van der Waals surface area contributed by atoms with Crippen LogP contribution in [0, 0.1) is 0 Å². The van der Waals surface area contributed by atoms with E-state index in [1.165, 1.54) is 6.07 Å². The van der Waals surface area contributed by atoms with Crippen LogP contribution in [0.4, 0.5) is 8.78 Å². The molecule has 0 bridgehead atoms. The fraction of sp³-hybridized carbons (Fsp3) is 0.353. The van der Waals surface area contributed by atoms with Gasteiger partial charge in [-0.2, -0.15) is 8.78 Å². The maximum atomic E-state index is 12.2. The number of alkyl halides is 2. The minimum absolute atomic E-state index is 0.133. The van der Waals surface area contributed by atoms with Crippen molar-refractivity contribution >= 4 is 5.96 Å². The van der Waals surface area contributed by atoms with E-state index < -0.39 is 6.61 Å². The van der Waals surface area contributed by atoms with Crippen LogP contribution in [0.2, 0.25) is 0 Å². The summed E-state index contributed by atoms with van der Waals surface area (Å²) in [6, 6.07) is 10.3. The van der Waals surface area contributed by atoms with Crippen LogP contribution in [0.25, 0.3) is 0 Å². The van der Waals surface area contributed by atoms with E-state index in [1.54, 1.807) is 18.4 Å². The third kappa shape index (κ3) is 6.28. The Morgan fingerprint density at radius 3 is 2.83 bits per heavy atom. The molecule has 1 aromatic heterocycles. The molecule has 0 aliphatic carbocycles. The molecule has 0 fully saturated rings. The lowest BCUT2D eigenvalue weighted by molar-refractivity contribution is -0.0498. The van der Waals surface area contributed by atoms with Gasteiger partial charge in [-0.3, -0.25) is 0 Å². The third-order valence-electron chi connectivity index (χ3n) is 3.13. The lowest BCUT2D eigenvalue weighted by atomic mass is 10.2. The number of hydrogen-bond acceptors (Lipinski definition) is 3. The maximum absolute atomic E-state index is 12.2. The summed E-state index contributed by atoms with van der Waals surface area (Å²) < 4.78 is 34.2. The largest absolute Gasteiger partial charge is 0.469 e. The number of nitrogens with zero attached hydrogens (tertiary/aromatic N) is 1. The number of ether oxygens (including phenoxy) is 1. The topological polar surface area (TPSA) is 58.8 Å². The Morgan fingerprint density at radius 1 is 1.25 bits per heavy atom. The fourth-order valence-electron chi connectivity index (χ4n) is 2.09. The van der Waals surface area contributed by atoms with Crippen LogP contribution in [0.1, 0.15) is 18.2 Å². The van der Waals surface area contributed by atoms with E-state index in [0.717, 1.165) is 24.3 Å². The molecule has 0 aliphatic rings. The van der Waals surface area contributed by atoms with Crippen molar-refractivity contribution in [2.24, 2.45) is 4.99 Å². The molecule has 7 heteroatoms. The van der Waals surface area contributed by atoms with Crippen molar-refractivity contribution in [3.05, 3.63) is 54.0 Å². The summed E-state index contributed by atoms with van der Waals surface area (Å²) in [5, 5.41) is 6.34. The van der Waals surface area contributed by atoms with Crippen LogP contribution in [-0.2, 0) is 13.0 Å². The first kappa shape index (κ1) is 17.8. The summed E-state index contributed by atoms with van der Waals surface area (Å²) in [6.07, 6.45) is 2.39. The van der Waals surface area contributed by atoms with Gasteiger partial charge in [-0.05, 0) is 36.8 Å². The third-order valence-corrected chi connectivity index (χ3v) is 3.13. The molecule has 0 saturated heterocycles. The summed E-state index contributed by atoms with van der Waals surface area (Å²) in [4.78, 5) is 4.44. The van der Waals surface area contributed by atoms with Crippen molar-refractivity contribution in [2.45, 2.75) is 26.5 Å². The number of nitrogens with one attached hydrogen (secondary N) is 2. The SMILES string of the molecule is CCNC(=NCc1cccc(OC(F)F)c1)NCCc1ccco1. The van der Waals surface area contributed by atoms with E-state index in [0.29, 0.717) is 19.0 Å². The number of halogens is 2. The van der Waals surface area contributed by atoms with Crippen molar-refractivity contribution in [1.29, 1.82) is 0 Å². The summed E-state index contributed by atoms with van der Waals surface area (Å²) in [5.74, 6) is 1.69. The van der Waals surface area contributed by atoms with E-state index >= 15 is 0 Å². The Balaban J connectivity index is 1.89. The fourth-order valence-corrected chi connectivity index (χ4v) is 2.09. The van der Waals surface area contributed by atoms with Crippen LogP contribution in [0.5, 0.6) is 5.75 Å². The van der Waals surface area contributed by atoms with Crippen molar-refractivity contribution in [1.82, 2.24) is 10.6 Å². The Bertz CT molecular complexity index is 631. The van der Waals surface area contributed by atoms with Gasteiger partial charge < -0.3 is 19.8 Å². The number of guanidine groups is 1. The Labute approximate surface area is 139 Å². The number of furan rings is 1. The lowest BCUT2D eigenvalue weighted by Gasteiger charge is -2.11. The van der Waals surface area contributed by atoms with Crippen LogP contribution in [0.3, 0.4) is 0 Å². The maximum Gasteiger partial charge on any atom is 0.387 e. The van der Waals surface area contributed by atoms with E-state index in [9.17, 15) is 8.78 Å². The Hall–Kier alpha value is -2.57. The highest BCUT2D eigenvalue weighted by Crippen LogP contribution is 2.16. The molecular weight excluding hydrogens is 316 g/mol. The van der Waals surface area contributed by atoms with Crippen LogP contribution >= 0.6 is 0 Å². The van der Waals surface area contributed by atoms with E-state index in [1.807, 2.05) is 25.1 Å². The second-order valence-corrected chi connectivity index (χ2v) is 4.98. The molecule has 5 nitrogen and oxygen atoms in total. The molecule has 2 rings (SSSR count). The van der Waals surface area contributed by atoms with Gasteiger partial charge in [0.2, 0.25) is 0 Å². The van der Waals surface area contributed by atoms with Gasteiger partial charge in [0.05, 0.1) is 12.8 Å². The average Bonchev–Trinajstić information content (AvgIpc) is 3.06. The average molecular weight is 337 g/mol. The van der Waals surface area contributed by atoms with Gasteiger partial charge in [0, 0.05) is 19.5 Å². The molecule has 0 aliphatic heterocycles. The minimum atomic E-state index is -2.83. The first-order valence-electron chi connectivity index (χ1n) is 7.75. The minimum Gasteiger partial charge on any atom is -0.469 e. The quantitative estimate of drug-likeness (QED) is 0.574. The van der Waals surface area contributed by atoms with Gasteiger partial charge in [-0.1, -0.05) is 12.1 Å². The monoisotopic (exact) mass is 337 g/mol. The molecule has 130 valence electrons. The van der Waals surface area contributed by atoms with Gasteiger partial charge >= 0.3 is 6.61 Å². The second-order valence-electron chi connectivity index (χ2n) is 4.98. The zero-order valence-corrected chi connectivity index (χ0v) is 13.5. The molecule has 0 saturated carbocycles. The lowest BCUT2D eigenvalue weighted by Crippen LogP contribution is -2.38. The summed E-state index contributed by atoms with van der Waals surface area (Å²) in [7, 11) is 0. The normalized spacial score (nSPS) is 11.6. The molecule has 2 N–H and O–H groups in total. The summed E-state index contributed by atoms with van der Waals surface area (Å²) in [6.45, 7) is 0.899. The van der Waals surface area contributed by atoms with Crippen LogP contribution in [-0.4, -0.2) is 25.7 Å². The molecule has 0 amide bonds. The molecule has 24 heavy (non-hydrogen) atoms. The highest BCUT2D eigenvalue weighted by Gasteiger charge is 2.05. The summed E-state index contributed by atoms with van der Waals surface area (Å²) in [5.41, 5.74) is 0.788. The van der Waals surface area contributed by atoms with Gasteiger partial charge in [0.25, 0.3) is 0 Å². The van der Waals surface area contributed by atoms with Crippen molar-refractivity contribution in [3.8, 4) is 5.75 Å². The number of aliphatic imine (C=N–C) groups is 1. The zero-order valence-electron chi connectivity index (χ0n) is 13.5. The standard InChI is InChI=1S/C17H21F2N3O2/c1-2-20-17(21-9-8-14-7-4-10-23-14)22-12-13-5-3-6-15(11-13)24-16(18)19/h3-7,10-11,16H,2,8-9,12H2,1H3,(H2,20,21,22). The Kier molecular flexibility index (Phi) is 7.07. The molecule has 1 heterocycles. The molecular formula is C17H21F2N3O2. The Morgan fingerprint density at radius 2 is 2.12 bits per heavy atom. The second kappa shape index (κ2) is 9.54. The number of rotatable bonds is 8. The van der Waals surface area contributed by atoms with Gasteiger partial charge in [-0.25, -0.2) is 4.99 Å². The molecule has 0 spiro atoms. The summed E-state index contributed by atoms with van der Waals surface area (Å²) >= 11 is 0. The highest BCUT2D eigenvalue weighted by atomic mass is 19.3. The molecule has 2 aromatic rings. The molecule has 0 unspecified atom stereocenters. The molecule has 0 atom stereocenters. The van der Waals surface area contributed by atoms with Gasteiger partial charge in [-0.15, -0.1) is 0 Å². The van der Waals surface area contributed by atoms with Crippen LogP contribution < -0.4 is 15.4 Å². The zero-order chi connectivity index (χ0) is 17.2. The van der Waals surface area contributed by atoms with E-state index in [-0.39, 0.29) is 5.75 Å². The van der Waals surface area contributed by atoms with Gasteiger partial charge in [0.1, 0.15) is 11.5 Å². The van der Waals surface area contributed by atoms with E-state index in [4.69, 9.17) is 4.42 Å². The van der Waals surface area contributed by atoms with E-state index in [2.05, 4.69) is 20.4 Å². The first-order chi connectivity index (χ1) is 11.7. The van der Waals surface area contributed by atoms with Gasteiger partial charge in [0.15, 0.2) is 5.96 Å². The smallest absolute Gasteiger partial charge is 0.387 e. The molecule has 1 aromatic carbocycles.